The average Bonchev–Trinajstić information content (AvgIpc) is 2.54. The van der Waals surface area contributed by atoms with E-state index in [1.807, 2.05) is 30.3 Å². The summed E-state index contributed by atoms with van der Waals surface area (Å²) in [6, 6.07) is 11.5. The molecule has 1 aromatic carbocycles. The van der Waals surface area contributed by atoms with Gasteiger partial charge in [-0.1, -0.05) is 30.3 Å². The van der Waals surface area contributed by atoms with Crippen LogP contribution in [0.4, 0.5) is 4.39 Å². The molecule has 0 aliphatic heterocycles. The van der Waals surface area contributed by atoms with E-state index < -0.39 is 0 Å². The molecule has 0 radical (unpaired) electrons. The molecule has 2 aromatic rings. The quantitative estimate of drug-likeness (QED) is 0.683. The molecule has 0 bridgehead atoms. The van der Waals surface area contributed by atoms with Gasteiger partial charge in [-0.25, -0.2) is 4.39 Å². The van der Waals surface area contributed by atoms with Crippen molar-refractivity contribution < 1.29 is 4.39 Å². The van der Waals surface area contributed by atoms with Crippen molar-refractivity contribution in [3.05, 3.63) is 58.0 Å². The first-order valence-electron chi connectivity index (χ1n) is 4.12. The summed E-state index contributed by atoms with van der Waals surface area (Å²) in [5, 5.41) is 1.79. The lowest BCUT2D eigenvalue weighted by Crippen LogP contribution is -1.85. The van der Waals surface area contributed by atoms with Gasteiger partial charge in [0.25, 0.3) is 0 Å². The van der Waals surface area contributed by atoms with Crippen molar-refractivity contribution in [2.75, 3.05) is 0 Å². The summed E-state index contributed by atoms with van der Waals surface area (Å²) < 4.78 is 13.0. The van der Waals surface area contributed by atoms with E-state index in [4.69, 9.17) is 0 Å². The van der Waals surface area contributed by atoms with Gasteiger partial charge in [0.15, 0.2) is 0 Å². The third-order valence-electron chi connectivity index (χ3n) is 1.90. The molecule has 66 valence electrons. The number of hydrogen-bond acceptors (Lipinski definition) is 1. The van der Waals surface area contributed by atoms with E-state index in [9.17, 15) is 4.39 Å². The van der Waals surface area contributed by atoms with Gasteiger partial charge >= 0.3 is 0 Å². The smallest absolute Gasteiger partial charge is 0.137 e. The van der Waals surface area contributed by atoms with Crippen molar-refractivity contribution in [1.82, 2.24) is 0 Å². The fraction of sp³-hybridized carbons (Fsp3) is 0.0909. The van der Waals surface area contributed by atoms with E-state index >= 15 is 0 Å². The summed E-state index contributed by atoms with van der Waals surface area (Å²) in [4.78, 5) is 0.811. The van der Waals surface area contributed by atoms with Crippen molar-refractivity contribution in [3.63, 3.8) is 0 Å². The maximum Gasteiger partial charge on any atom is 0.137 e. The molecule has 0 atom stereocenters. The van der Waals surface area contributed by atoms with Gasteiger partial charge in [-0.3, -0.25) is 0 Å². The van der Waals surface area contributed by atoms with E-state index in [-0.39, 0.29) is 5.82 Å². The van der Waals surface area contributed by atoms with Crippen LogP contribution in [0.5, 0.6) is 0 Å². The van der Waals surface area contributed by atoms with Gasteiger partial charge in [0, 0.05) is 11.3 Å². The van der Waals surface area contributed by atoms with Crippen LogP contribution in [-0.2, 0) is 6.42 Å². The summed E-state index contributed by atoms with van der Waals surface area (Å²) in [5.41, 5.74) is 1.16. The Balaban J connectivity index is 2.20. The van der Waals surface area contributed by atoms with Crippen molar-refractivity contribution in [2.24, 2.45) is 0 Å². The Morgan fingerprint density at radius 2 is 1.85 bits per heavy atom. The van der Waals surface area contributed by atoms with E-state index in [2.05, 4.69) is 0 Å². The Kier molecular flexibility index (Phi) is 2.41. The minimum Gasteiger partial charge on any atom is -0.206 e. The SMILES string of the molecule is Fc1ccsc1Cc1ccccc1. The number of halogens is 1. The molecule has 0 amide bonds. The Hall–Kier alpha value is -1.15. The highest BCUT2D eigenvalue weighted by Gasteiger charge is 2.03. The first-order chi connectivity index (χ1) is 6.36. The minimum atomic E-state index is -0.0890. The van der Waals surface area contributed by atoms with Gasteiger partial charge in [0.1, 0.15) is 5.82 Å². The topological polar surface area (TPSA) is 0 Å². The van der Waals surface area contributed by atoms with Crippen LogP contribution in [0.3, 0.4) is 0 Å². The Morgan fingerprint density at radius 1 is 1.08 bits per heavy atom. The molecule has 2 heteroatoms. The zero-order chi connectivity index (χ0) is 9.10. The van der Waals surface area contributed by atoms with Crippen molar-refractivity contribution in [2.45, 2.75) is 6.42 Å². The van der Waals surface area contributed by atoms with E-state index in [0.29, 0.717) is 6.42 Å². The van der Waals surface area contributed by atoms with Gasteiger partial charge in [0.05, 0.1) is 0 Å². The molecule has 1 heterocycles. The molecule has 0 saturated heterocycles. The van der Waals surface area contributed by atoms with E-state index in [1.54, 1.807) is 5.38 Å². The number of rotatable bonds is 2. The summed E-state index contributed by atoms with van der Waals surface area (Å²) in [5.74, 6) is -0.0890. The molecular weight excluding hydrogens is 183 g/mol. The second-order valence-electron chi connectivity index (χ2n) is 2.85. The number of thiophene rings is 1. The predicted octanol–water partition coefficient (Wildman–Crippen LogP) is 3.48. The third-order valence-corrected chi connectivity index (χ3v) is 2.79. The van der Waals surface area contributed by atoms with Crippen LogP contribution in [0, 0.1) is 5.82 Å². The summed E-state index contributed by atoms with van der Waals surface area (Å²) in [6.07, 6.45) is 0.699. The second-order valence-corrected chi connectivity index (χ2v) is 3.85. The predicted molar refractivity (Wildman–Crippen MR) is 53.5 cm³/mol. The molecule has 0 spiro atoms. The van der Waals surface area contributed by atoms with Gasteiger partial charge in [0.2, 0.25) is 0 Å². The van der Waals surface area contributed by atoms with E-state index in [1.165, 1.54) is 17.4 Å². The molecular formula is C11H9FS. The first kappa shape index (κ1) is 8.45. The van der Waals surface area contributed by atoms with Crippen LogP contribution in [0.15, 0.2) is 41.8 Å². The molecule has 0 aliphatic rings. The van der Waals surface area contributed by atoms with Crippen LogP contribution in [0.1, 0.15) is 10.4 Å². The van der Waals surface area contributed by atoms with Crippen LogP contribution in [0.2, 0.25) is 0 Å². The van der Waals surface area contributed by atoms with Crippen LogP contribution < -0.4 is 0 Å². The standard InChI is InChI=1S/C11H9FS/c12-10-6-7-13-11(10)8-9-4-2-1-3-5-9/h1-7H,8H2. The zero-order valence-electron chi connectivity index (χ0n) is 7.03. The highest BCUT2D eigenvalue weighted by Crippen LogP contribution is 2.18. The van der Waals surface area contributed by atoms with Gasteiger partial charge in [-0.2, -0.15) is 0 Å². The molecule has 2 rings (SSSR count). The van der Waals surface area contributed by atoms with Crippen molar-refractivity contribution in [3.8, 4) is 0 Å². The lowest BCUT2D eigenvalue weighted by atomic mass is 10.1. The van der Waals surface area contributed by atoms with Gasteiger partial charge in [-0.05, 0) is 17.0 Å². The first-order valence-corrected chi connectivity index (χ1v) is 5.00. The second kappa shape index (κ2) is 3.71. The molecule has 0 aliphatic carbocycles. The highest BCUT2D eigenvalue weighted by atomic mass is 32.1. The Morgan fingerprint density at radius 3 is 2.46 bits per heavy atom. The van der Waals surface area contributed by atoms with Crippen LogP contribution in [-0.4, -0.2) is 0 Å². The average molecular weight is 192 g/mol. The van der Waals surface area contributed by atoms with E-state index in [0.717, 1.165) is 10.4 Å². The third kappa shape index (κ3) is 1.95. The molecule has 1 aromatic heterocycles. The monoisotopic (exact) mass is 192 g/mol. The molecule has 0 nitrogen and oxygen atoms in total. The van der Waals surface area contributed by atoms with Crippen LogP contribution in [0.25, 0.3) is 0 Å². The molecule has 13 heavy (non-hydrogen) atoms. The highest BCUT2D eigenvalue weighted by molar-refractivity contribution is 7.09. The maximum atomic E-state index is 13.0. The molecule has 0 fully saturated rings. The van der Waals surface area contributed by atoms with Gasteiger partial charge in [-0.15, -0.1) is 11.3 Å². The molecule has 0 unspecified atom stereocenters. The summed E-state index contributed by atoms with van der Waals surface area (Å²) in [7, 11) is 0. The fourth-order valence-corrected chi connectivity index (χ4v) is 2.01. The lowest BCUT2D eigenvalue weighted by Gasteiger charge is -1.97. The number of benzene rings is 1. The van der Waals surface area contributed by atoms with Crippen LogP contribution >= 0.6 is 11.3 Å². The lowest BCUT2D eigenvalue weighted by molar-refractivity contribution is 0.622. The Labute approximate surface area is 80.7 Å². The van der Waals surface area contributed by atoms with Crippen molar-refractivity contribution in [1.29, 1.82) is 0 Å². The normalized spacial score (nSPS) is 10.2. The minimum absolute atomic E-state index is 0.0890. The summed E-state index contributed by atoms with van der Waals surface area (Å²) >= 11 is 1.47. The summed E-state index contributed by atoms with van der Waals surface area (Å²) in [6.45, 7) is 0. The number of hydrogen-bond donors (Lipinski definition) is 0. The maximum absolute atomic E-state index is 13.0. The van der Waals surface area contributed by atoms with Gasteiger partial charge < -0.3 is 0 Å². The largest absolute Gasteiger partial charge is 0.206 e. The molecule has 0 saturated carbocycles. The fourth-order valence-electron chi connectivity index (χ4n) is 1.23. The zero-order valence-corrected chi connectivity index (χ0v) is 7.85. The Bertz CT molecular complexity index is 378. The van der Waals surface area contributed by atoms with Crippen molar-refractivity contribution >= 4 is 11.3 Å². The molecule has 0 N–H and O–H groups in total.